The Morgan fingerprint density at radius 3 is 2.88 bits per heavy atom. The summed E-state index contributed by atoms with van der Waals surface area (Å²) in [5.41, 5.74) is 1.90. The van der Waals surface area contributed by atoms with Crippen molar-refractivity contribution >= 4 is 5.71 Å². The SMILES string of the molecule is CCn1nccc1C1=NOC2(C1)CC(c1nnnn1C1CCCCC1)C2. The van der Waals surface area contributed by atoms with Gasteiger partial charge in [-0.1, -0.05) is 24.4 Å². The predicted molar refractivity (Wildman–Crippen MR) is 94.8 cm³/mol. The van der Waals surface area contributed by atoms with Crippen molar-refractivity contribution in [2.45, 2.75) is 82.4 Å². The minimum atomic E-state index is -0.174. The van der Waals surface area contributed by atoms with Crippen LogP contribution in [-0.2, 0) is 11.4 Å². The van der Waals surface area contributed by atoms with Crippen LogP contribution in [0.5, 0.6) is 0 Å². The average molecular weight is 355 g/mol. The smallest absolute Gasteiger partial charge is 0.154 e. The van der Waals surface area contributed by atoms with Crippen molar-refractivity contribution in [3.8, 4) is 0 Å². The van der Waals surface area contributed by atoms with Crippen LogP contribution >= 0.6 is 0 Å². The maximum Gasteiger partial charge on any atom is 0.154 e. The molecule has 0 atom stereocenters. The second-order valence-corrected chi connectivity index (χ2v) is 7.90. The van der Waals surface area contributed by atoms with Crippen molar-refractivity contribution < 1.29 is 4.84 Å². The zero-order valence-corrected chi connectivity index (χ0v) is 15.2. The molecular formula is C18H25N7O. The van der Waals surface area contributed by atoms with Crippen molar-refractivity contribution in [1.29, 1.82) is 0 Å². The summed E-state index contributed by atoms with van der Waals surface area (Å²) in [5, 5.41) is 21.4. The third-order valence-corrected chi connectivity index (χ3v) is 6.19. The first kappa shape index (κ1) is 16.0. The second-order valence-electron chi connectivity index (χ2n) is 7.90. The molecular weight excluding hydrogens is 330 g/mol. The fourth-order valence-electron chi connectivity index (χ4n) is 4.78. The van der Waals surface area contributed by atoms with Gasteiger partial charge in [0.1, 0.15) is 11.3 Å². The number of oxime groups is 1. The highest BCUT2D eigenvalue weighted by atomic mass is 16.7. The molecule has 2 saturated carbocycles. The van der Waals surface area contributed by atoms with E-state index in [0.29, 0.717) is 12.0 Å². The molecule has 3 aliphatic rings. The quantitative estimate of drug-likeness (QED) is 0.842. The summed E-state index contributed by atoms with van der Waals surface area (Å²) in [6, 6.07) is 2.49. The van der Waals surface area contributed by atoms with E-state index in [0.717, 1.165) is 43.0 Å². The first-order chi connectivity index (χ1) is 12.8. The topological polar surface area (TPSA) is 83.0 Å². The number of rotatable bonds is 4. The zero-order valence-electron chi connectivity index (χ0n) is 15.2. The van der Waals surface area contributed by atoms with Gasteiger partial charge >= 0.3 is 0 Å². The van der Waals surface area contributed by atoms with Crippen LogP contribution in [0.2, 0.25) is 0 Å². The normalized spacial score (nSPS) is 28.8. The number of hydrogen-bond acceptors (Lipinski definition) is 6. The molecule has 8 nitrogen and oxygen atoms in total. The highest BCUT2D eigenvalue weighted by Crippen LogP contribution is 2.51. The Morgan fingerprint density at radius 2 is 2.08 bits per heavy atom. The molecule has 0 unspecified atom stereocenters. The van der Waals surface area contributed by atoms with Crippen molar-refractivity contribution in [2.75, 3.05) is 0 Å². The molecule has 8 heteroatoms. The second kappa shape index (κ2) is 6.17. The van der Waals surface area contributed by atoms with Gasteiger partial charge < -0.3 is 4.84 Å². The monoisotopic (exact) mass is 355 g/mol. The van der Waals surface area contributed by atoms with E-state index in [4.69, 9.17) is 4.84 Å². The van der Waals surface area contributed by atoms with Crippen LogP contribution in [0, 0.1) is 0 Å². The lowest BCUT2D eigenvalue weighted by molar-refractivity contribution is -0.0903. The van der Waals surface area contributed by atoms with Crippen molar-refractivity contribution in [2.24, 2.45) is 5.16 Å². The maximum absolute atomic E-state index is 5.89. The highest BCUT2D eigenvalue weighted by Gasteiger charge is 2.53. The lowest BCUT2D eigenvalue weighted by Gasteiger charge is -2.42. The van der Waals surface area contributed by atoms with E-state index < -0.39 is 0 Å². The van der Waals surface area contributed by atoms with E-state index >= 15 is 0 Å². The summed E-state index contributed by atoms with van der Waals surface area (Å²) in [7, 11) is 0. The number of tetrazole rings is 1. The number of aryl methyl sites for hydroxylation is 1. The van der Waals surface area contributed by atoms with E-state index in [9.17, 15) is 0 Å². The van der Waals surface area contributed by atoms with Crippen LogP contribution in [0.25, 0.3) is 0 Å². The molecule has 2 aliphatic carbocycles. The summed E-state index contributed by atoms with van der Waals surface area (Å²) >= 11 is 0. The third-order valence-electron chi connectivity index (χ3n) is 6.19. The molecule has 1 spiro atoms. The molecule has 5 rings (SSSR count). The molecule has 0 saturated heterocycles. The van der Waals surface area contributed by atoms with E-state index in [1.54, 1.807) is 0 Å². The van der Waals surface area contributed by atoms with E-state index in [-0.39, 0.29) is 5.60 Å². The van der Waals surface area contributed by atoms with Crippen LogP contribution in [0.3, 0.4) is 0 Å². The molecule has 2 aromatic rings. The molecule has 0 aromatic carbocycles. The van der Waals surface area contributed by atoms with Crippen molar-refractivity contribution in [3.63, 3.8) is 0 Å². The molecule has 26 heavy (non-hydrogen) atoms. The fourth-order valence-corrected chi connectivity index (χ4v) is 4.78. The van der Waals surface area contributed by atoms with Gasteiger partial charge in [0.2, 0.25) is 0 Å². The molecule has 2 aromatic heterocycles. The maximum atomic E-state index is 5.89. The Kier molecular flexibility index (Phi) is 3.79. The molecule has 0 bridgehead atoms. The van der Waals surface area contributed by atoms with E-state index in [1.165, 1.54) is 32.1 Å². The summed E-state index contributed by atoms with van der Waals surface area (Å²) in [4.78, 5) is 5.89. The molecule has 0 N–H and O–H groups in total. The largest absolute Gasteiger partial charge is 0.388 e. The first-order valence-corrected chi connectivity index (χ1v) is 9.83. The van der Waals surface area contributed by atoms with Crippen LogP contribution in [-0.4, -0.2) is 41.3 Å². The molecule has 138 valence electrons. The van der Waals surface area contributed by atoms with Crippen molar-refractivity contribution in [3.05, 3.63) is 23.8 Å². The third kappa shape index (κ3) is 2.54. The Morgan fingerprint density at radius 1 is 1.23 bits per heavy atom. The van der Waals surface area contributed by atoms with Crippen LogP contribution in [0.1, 0.15) is 81.8 Å². The Balaban J connectivity index is 1.27. The predicted octanol–water partition coefficient (Wildman–Crippen LogP) is 2.84. The van der Waals surface area contributed by atoms with Gasteiger partial charge in [-0.3, -0.25) is 4.68 Å². The number of nitrogens with zero attached hydrogens (tertiary/aromatic N) is 7. The van der Waals surface area contributed by atoms with Gasteiger partial charge in [0.25, 0.3) is 0 Å². The summed E-state index contributed by atoms with van der Waals surface area (Å²) in [5.74, 6) is 1.41. The van der Waals surface area contributed by atoms with Gasteiger partial charge in [-0.25, -0.2) is 4.68 Å². The Hall–Kier alpha value is -2.25. The number of hydrogen-bond donors (Lipinski definition) is 0. The van der Waals surface area contributed by atoms with E-state index in [2.05, 4.69) is 37.4 Å². The Bertz CT molecular complexity index is 811. The Labute approximate surface area is 152 Å². The summed E-state index contributed by atoms with van der Waals surface area (Å²) < 4.78 is 4.07. The van der Waals surface area contributed by atoms with Gasteiger partial charge in [-0.2, -0.15) is 5.10 Å². The lowest BCUT2D eigenvalue weighted by atomic mass is 9.68. The first-order valence-electron chi connectivity index (χ1n) is 9.83. The van der Waals surface area contributed by atoms with Gasteiger partial charge in [0.05, 0.1) is 11.7 Å². The fraction of sp³-hybridized carbons (Fsp3) is 0.722. The van der Waals surface area contributed by atoms with Gasteiger partial charge in [0, 0.05) is 37.9 Å². The molecule has 2 fully saturated rings. The zero-order chi connectivity index (χ0) is 17.6. The van der Waals surface area contributed by atoms with Crippen LogP contribution in [0.15, 0.2) is 17.4 Å². The van der Waals surface area contributed by atoms with Crippen LogP contribution in [0.4, 0.5) is 0 Å². The number of aromatic nitrogens is 6. The molecule has 1 aliphatic heterocycles. The van der Waals surface area contributed by atoms with Gasteiger partial charge in [0.15, 0.2) is 5.82 Å². The van der Waals surface area contributed by atoms with Gasteiger partial charge in [-0.05, 0) is 36.3 Å². The molecule has 3 heterocycles. The lowest BCUT2D eigenvalue weighted by Crippen LogP contribution is -2.44. The van der Waals surface area contributed by atoms with Crippen molar-refractivity contribution in [1.82, 2.24) is 30.0 Å². The highest BCUT2D eigenvalue weighted by molar-refractivity contribution is 6.00. The summed E-state index contributed by atoms with van der Waals surface area (Å²) in [6.07, 6.45) is 10.8. The molecule has 0 amide bonds. The minimum absolute atomic E-state index is 0.174. The minimum Gasteiger partial charge on any atom is -0.388 e. The van der Waals surface area contributed by atoms with Crippen LogP contribution < -0.4 is 0 Å². The standard InChI is InChI=1S/C18H25N7O/c1-2-24-16(8-9-19-24)15-12-18(26-21-15)10-13(11-18)17-20-22-23-25(17)14-6-4-3-5-7-14/h8-9,13-14H,2-7,10-12H2,1H3. The van der Waals surface area contributed by atoms with E-state index in [1.807, 2.05) is 16.9 Å². The summed E-state index contributed by atoms with van der Waals surface area (Å²) in [6.45, 7) is 2.93. The molecule has 0 radical (unpaired) electrons. The van der Waals surface area contributed by atoms with Gasteiger partial charge in [-0.15, -0.1) is 5.10 Å². The average Bonchev–Trinajstić information content (AvgIpc) is 3.38.